The molecule has 0 spiro atoms. The second-order valence-corrected chi connectivity index (χ2v) is 4.17. The third kappa shape index (κ3) is 1.84. The maximum atomic E-state index is 13.2. The Morgan fingerprint density at radius 2 is 2.17 bits per heavy atom. The van der Waals surface area contributed by atoms with Crippen molar-refractivity contribution in [1.82, 2.24) is 15.1 Å². The van der Waals surface area contributed by atoms with Gasteiger partial charge in [-0.15, -0.1) is 0 Å². The van der Waals surface area contributed by atoms with Crippen molar-refractivity contribution in [2.24, 2.45) is 0 Å². The summed E-state index contributed by atoms with van der Waals surface area (Å²) in [5.74, 6) is -0.560. The van der Waals surface area contributed by atoms with Gasteiger partial charge in [0.15, 0.2) is 5.69 Å². The quantitative estimate of drug-likeness (QED) is 0.825. The molecule has 1 N–H and O–H groups in total. The van der Waals surface area contributed by atoms with E-state index in [4.69, 9.17) is 4.74 Å². The van der Waals surface area contributed by atoms with E-state index in [1.807, 2.05) is 0 Å². The molecule has 1 fully saturated rings. The molecule has 94 valence electrons. The minimum absolute atomic E-state index is 0.185. The Morgan fingerprint density at radius 1 is 1.39 bits per heavy atom. The molecule has 2 heterocycles. The summed E-state index contributed by atoms with van der Waals surface area (Å²) < 4.78 is 18.4. The van der Waals surface area contributed by atoms with Gasteiger partial charge in [-0.1, -0.05) is 0 Å². The van der Waals surface area contributed by atoms with Gasteiger partial charge >= 0.3 is 0 Å². The topological polar surface area (TPSA) is 58.2 Å². The first-order valence-corrected chi connectivity index (χ1v) is 5.76. The molecule has 5 nitrogen and oxygen atoms in total. The van der Waals surface area contributed by atoms with Gasteiger partial charge in [0.25, 0.3) is 5.91 Å². The molecule has 18 heavy (non-hydrogen) atoms. The van der Waals surface area contributed by atoms with Crippen LogP contribution in [0.1, 0.15) is 10.5 Å². The van der Waals surface area contributed by atoms with Gasteiger partial charge in [0, 0.05) is 18.5 Å². The van der Waals surface area contributed by atoms with Crippen LogP contribution in [-0.2, 0) is 4.74 Å². The van der Waals surface area contributed by atoms with Gasteiger partial charge in [0.1, 0.15) is 5.82 Å². The Hall–Kier alpha value is -1.95. The Morgan fingerprint density at radius 3 is 2.94 bits per heavy atom. The highest BCUT2D eigenvalue weighted by Crippen LogP contribution is 2.19. The summed E-state index contributed by atoms with van der Waals surface area (Å²) in [6.07, 6.45) is 0. The molecule has 0 unspecified atom stereocenters. The van der Waals surface area contributed by atoms with Gasteiger partial charge in [0.2, 0.25) is 0 Å². The van der Waals surface area contributed by atoms with Crippen LogP contribution in [0.4, 0.5) is 4.39 Å². The molecule has 1 aromatic heterocycles. The van der Waals surface area contributed by atoms with E-state index in [9.17, 15) is 9.18 Å². The lowest BCUT2D eigenvalue weighted by Crippen LogP contribution is -2.40. The van der Waals surface area contributed by atoms with Crippen molar-refractivity contribution in [2.75, 3.05) is 26.3 Å². The number of nitrogens with one attached hydrogen (secondary N) is 1. The van der Waals surface area contributed by atoms with E-state index in [-0.39, 0.29) is 17.4 Å². The van der Waals surface area contributed by atoms with Crippen molar-refractivity contribution < 1.29 is 13.9 Å². The van der Waals surface area contributed by atoms with Crippen molar-refractivity contribution in [3.05, 3.63) is 29.7 Å². The van der Waals surface area contributed by atoms with E-state index in [1.54, 1.807) is 11.0 Å². The number of H-pyrrole nitrogens is 1. The fraction of sp³-hybridized carbons (Fsp3) is 0.333. The number of aromatic nitrogens is 2. The number of fused-ring (bicyclic) bond motifs is 1. The first-order valence-electron chi connectivity index (χ1n) is 5.76. The molecule has 0 bridgehead atoms. The second kappa shape index (κ2) is 4.38. The number of benzene rings is 1. The van der Waals surface area contributed by atoms with E-state index in [0.29, 0.717) is 37.2 Å². The lowest BCUT2D eigenvalue weighted by molar-refractivity contribution is 0.0300. The second-order valence-electron chi connectivity index (χ2n) is 4.17. The van der Waals surface area contributed by atoms with Gasteiger partial charge in [-0.2, -0.15) is 5.10 Å². The highest BCUT2D eigenvalue weighted by molar-refractivity contribution is 6.04. The van der Waals surface area contributed by atoms with Crippen LogP contribution in [0.25, 0.3) is 10.9 Å². The molecule has 2 aromatic rings. The van der Waals surface area contributed by atoms with Crippen LogP contribution in [0.3, 0.4) is 0 Å². The lowest BCUT2D eigenvalue weighted by atomic mass is 10.2. The largest absolute Gasteiger partial charge is 0.378 e. The number of ether oxygens (including phenoxy) is 1. The molecular weight excluding hydrogens is 237 g/mol. The van der Waals surface area contributed by atoms with E-state index < -0.39 is 0 Å². The van der Waals surface area contributed by atoms with Crippen LogP contribution >= 0.6 is 0 Å². The number of aromatic amines is 1. The molecule has 1 saturated heterocycles. The van der Waals surface area contributed by atoms with Gasteiger partial charge in [0.05, 0.1) is 18.7 Å². The number of halogens is 1. The van der Waals surface area contributed by atoms with Crippen LogP contribution in [0.5, 0.6) is 0 Å². The number of carbonyl (C=O) groups excluding carboxylic acids is 1. The fourth-order valence-corrected chi connectivity index (χ4v) is 2.07. The summed E-state index contributed by atoms with van der Waals surface area (Å²) in [4.78, 5) is 13.9. The molecule has 1 aromatic carbocycles. The molecule has 0 saturated carbocycles. The van der Waals surface area contributed by atoms with Crippen LogP contribution in [0, 0.1) is 5.82 Å². The number of hydrogen-bond donors (Lipinski definition) is 1. The highest BCUT2D eigenvalue weighted by Gasteiger charge is 2.22. The average molecular weight is 249 g/mol. The summed E-state index contributed by atoms with van der Waals surface area (Å²) in [7, 11) is 0. The Labute approximate surface area is 103 Å². The van der Waals surface area contributed by atoms with E-state index in [1.165, 1.54) is 12.1 Å². The standard InChI is InChI=1S/C12H12FN3O2/c13-8-1-2-10-9(7-8)11(15-14-10)12(17)16-3-5-18-6-4-16/h1-2,7H,3-6H2,(H,14,15). The Balaban J connectivity index is 1.98. The number of hydrogen-bond acceptors (Lipinski definition) is 3. The maximum Gasteiger partial charge on any atom is 0.275 e. The predicted octanol–water partition coefficient (Wildman–Crippen LogP) is 1.17. The van der Waals surface area contributed by atoms with E-state index in [0.717, 1.165) is 0 Å². The zero-order valence-corrected chi connectivity index (χ0v) is 9.65. The zero-order valence-electron chi connectivity index (χ0n) is 9.65. The van der Waals surface area contributed by atoms with Crippen LogP contribution in [-0.4, -0.2) is 47.3 Å². The molecule has 3 rings (SSSR count). The van der Waals surface area contributed by atoms with Crippen LogP contribution in [0.2, 0.25) is 0 Å². The summed E-state index contributed by atoms with van der Waals surface area (Å²) in [5.41, 5.74) is 0.930. The SMILES string of the molecule is O=C(c1n[nH]c2ccc(F)cc12)N1CCOCC1. The smallest absolute Gasteiger partial charge is 0.275 e. The number of nitrogens with zero attached hydrogens (tertiary/aromatic N) is 2. The minimum Gasteiger partial charge on any atom is -0.378 e. The summed E-state index contributed by atoms with van der Waals surface area (Å²) >= 11 is 0. The number of morpholine rings is 1. The molecule has 1 aliphatic rings. The Bertz CT molecular complexity index is 590. The molecular formula is C12H12FN3O2. The molecule has 1 aliphatic heterocycles. The average Bonchev–Trinajstić information content (AvgIpc) is 2.82. The minimum atomic E-state index is -0.375. The third-order valence-corrected chi connectivity index (χ3v) is 3.03. The molecule has 0 radical (unpaired) electrons. The van der Waals surface area contributed by atoms with Crippen molar-refractivity contribution in [1.29, 1.82) is 0 Å². The van der Waals surface area contributed by atoms with E-state index in [2.05, 4.69) is 10.2 Å². The number of rotatable bonds is 1. The molecule has 1 amide bonds. The van der Waals surface area contributed by atoms with Gasteiger partial charge in [-0.25, -0.2) is 4.39 Å². The molecule has 6 heteroatoms. The summed E-state index contributed by atoms with van der Waals surface area (Å²) in [6, 6.07) is 4.24. The normalized spacial score (nSPS) is 16.2. The number of amides is 1. The van der Waals surface area contributed by atoms with E-state index >= 15 is 0 Å². The van der Waals surface area contributed by atoms with Crippen LogP contribution in [0.15, 0.2) is 18.2 Å². The third-order valence-electron chi connectivity index (χ3n) is 3.03. The monoisotopic (exact) mass is 249 g/mol. The van der Waals surface area contributed by atoms with Crippen molar-refractivity contribution in [3.8, 4) is 0 Å². The van der Waals surface area contributed by atoms with Crippen molar-refractivity contribution >= 4 is 16.8 Å². The maximum absolute atomic E-state index is 13.2. The van der Waals surface area contributed by atoms with Crippen molar-refractivity contribution in [3.63, 3.8) is 0 Å². The first-order chi connectivity index (χ1) is 8.75. The zero-order chi connectivity index (χ0) is 12.5. The highest BCUT2D eigenvalue weighted by atomic mass is 19.1. The summed E-state index contributed by atoms with van der Waals surface area (Å²) in [6.45, 7) is 2.15. The molecule has 0 aliphatic carbocycles. The first kappa shape index (κ1) is 11.2. The lowest BCUT2D eigenvalue weighted by Gasteiger charge is -2.26. The predicted molar refractivity (Wildman–Crippen MR) is 62.8 cm³/mol. The van der Waals surface area contributed by atoms with Crippen molar-refractivity contribution in [2.45, 2.75) is 0 Å². The van der Waals surface area contributed by atoms with Gasteiger partial charge in [-0.05, 0) is 18.2 Å². The molecule has 0 atom stereocenters. The number of carbonyl (C=O) groups is 1. The van der Waals surface area contributed by atoms with Gasteiger partial charge < -0.3 is 9.64 Å². The summed E-state index contributed by atoms with van der Waals surface area (Å²) in [5, 5.41) is 7.25. The Kier molecular flexibility index (Phi) is 2.71. The van der Waals surface area contributed by atoms with Crippen LogP contribution < -0.4 is 0 Å². The fourth-order valence-electron chi connectivity index (χ4n) is 2.07. The van der Waals surface area contributed by atoms with Gasteiger partial charge in [-0.3, -0.25) is 9.89 Å².